The summed E-state index contributed by atoms with van der Waals surface area (Å²) in [5, 5.41) is 2.53. The molecule has 7 nitrogen and oxygen atoms in total. The molecule has 0 radical (unpaired) electrons. The van der Waals surface area contributed by atoms with Crippen molar-refractivity contribution in [3.63, 3.8) is 0 Å². The molecule has 1 saturated carbocycles. The molecule has 2 heterocycles. The van der Waals surface area contributed by atoms with Crippen LogP contribution >= 0.6 is 0 Å². The van der Waals surface area contributed by atoms with Crippen molar-refractivity contribution in [3.05, 3.63) is 23.4 Å². The Labute approximate surface area is 153 Å². The molecule has 2 atom stereocenters. The molecule has 2 unspecified atom stereocenters. The molecule has 2 aliphatic heterocycles. The maximum Gasteiger partial charge on any atom is 0.283 e. The Kier molecular flexibility index (Phi) is 5.96. The van der Waals surface area contributed by atoms with Crippen LogP contribution in [0.25, 0.3) is 0 Å². The van der Waals surface area contributed by atoms with Gasteiger partial charge in [-0.3, -0.25) is 9.69 Å². The standard InChI is InChI=1S/C18H28FN3O4/c1-12(13(2)26-11-18(20)4-5-18)21-17(23)14(19)3-6-22-9-15-16(10-22)25-8-7-24-15/h3,15-16H,4-11,20H2,1-2H3,(H,21,23). The van der Waals surface area contributed by atoms with E-state index in [1.165, 1.54) is 6.08 Å². The molecule has 2 saturated heterocycles. The van der Waals surface area contributed by atoms with E-state index in [2.05, 4.69) is 5.32 Å². The monoisotopic (exact) mass is 369 g/mol. The average molecular weight is 369 g/mol. The van der Waals surface area contributed by atoms with Crippen molar-refractivity contribution in [2.45, 2.75) is 44.4 Å². The lowest BCUT2D eigenvalue weighted by atomic mass is 10.2. The number of hydrogen-bond acceptors (Lipinski definition) is 6. The number of fused-ring (bicyclic) bond motifs is 1. The normalized spacial score (nSPS) is 29.0. The van der Waals surface area contributed by atoms with Crippen molar-refractivity contribution in [1.82, 2.24) is 10.2 Å². The predicted octanol–water partition coefficient (Wildman–Crippen LogP) is 0.815. The number of nitrogens with one attached hydrogen (secondary N) is 1. The highest BCUT2D eigenvalue weighted by molar-refractivity contribution is 5.92. The number of hydrogen-bond donors (Lipinski definition) is 2. The van der Waals surface area contributed by atoms with E-state index in [0.717, 1.165) is 12.8 Å². The number of nitrogens with two attached hydrogens (primary N) is 1. The minimum absolute atomic E-state index is 0.0383. The number of carbonyl (C=O) groups excluding carboxylic acids is 1. The zero-order valence-electron chi connectivity index (χ0n) is 15.4. The van der Waals surface area contributed by atoms with Gasteiger partial charge in [0.1, 0.15) is 12.4 Å². The molecule has 0 aromatic carbocycles. The molecule has 26 heavy (non-hydrogen) atoms. The summed E-state index contributed by atoms with van der Waals surface area (Å²) in [6.45, 7) is 6.72. The highest BCUT2D eigenvalue weighted by Gasteiger charge is 2.39. The summed E-state index contributed by atoms with van der Waals surface area (Å²) < 4.78 is 30.9. The molecular weight excluding hydrogens is 341 g/mol. The largest absolute Gasteiger partial charge is 0.495 e. The number of rotatable bonds is 7. The van der Waals surface area contributed by atoms with Crippen LogP contribution in [0, 0.1) is 0 Å². The number of carbonyl (C=O) groups is 1. The summed E-state index contributed by atoms with van der Waals surface area (Å²) in [7, 11) is 0. The molecule has 3 rings (SSSR count). The Morgan fingerprint density at radius 1 is 1.31 bits per heavy atom. The first kappa shape index (κ1) is 19.3. The third-order valence-electron chi connectivity index (χ3n) is 5.08. The number of allylic oxidation sites excluding steroid dienone is 2. The molecule has 146 valence electrons. The predicted molar refractivity (Wildman–Crippen MR) is 93.7 cm³/mol. The topological polar surface area (TPSA) is 86.1 Å². The Bertz CT molecular complexity index is 589. The third kappa shape index (κ3) is 5.03. The first-order valence-corrected chi connectivity index (χ1v) is 9.08. The van der Waals surface area contributed by atoms with Gasteiger partial charge in [0.25, 0.3) is 5.91 Å². The van der Waals surface area contributed by atoms with Crippen molar-refractivity contribution >= 4 is 5.91 Å². The lowest BCUT2D eigenvalue weighted by molar-refractivity contribution is -0.118. The van der Waals surface area contributed by atoms with Crippen molar-refractivity contribution < 1.29 is 23.4 Å². The van der Waals surface area contributed by atoms with Crippen LogP contribution < -0.4 is 11.1 Å². The number of amides is 1. The van der Waals surface area contributed by atoms with Crippen LogP contribution in [0.2, 0.25) is 0 Å². The van der Waals surface area contributed by atoms with E-state index >= 15 is 0 Å². The fourth-order valence-corrected chi connectivity index (χ4v) is 2.97. The van der Waals surface area contributed by atoms with Crippen LogP contribution in [-0.4, -0.2) is 68.0 Å². The molecular formula is C18H28FN3O4. The summed E-state index contributed by atoms with van der Waals surface area (Å²) >= 11 is 0. The first-order valence-electron chi connectivity index (χ1n) is 9.08. The van der Waals surface area contributed by atoms with Gasteiger partial charge in [-0.25, -0.2) is 4.39 Å². The van der Waals surface area contributed by atoms with Crippen LogP contribution in [0.1, 0.15) is 26.7 Å². The van der Waals surface area contributed by atoms with Crippen LogP contribution in [0.5, 0.6) is 0 Å². The van der Waals surface area contributed by atoms with Crippen molar-refractivity contribution in [2.24, 2.45) is 5.73 Å². The SMILES string of the molecule is CC(NC(=O)C(F)=CCN1CC2OCCOC2C1)=C(C)OCC1(N)CC1. The smallest absolute Gasteiger partial charge is 0.283 e. The number of halogens is 1. The molecule has 3 N–H and O–H groups in total. The fraction of sp³-hybridized carbons (Fsp3) is 0.722. The molecule has 1 aliphatic carbocycles. The maximum atomic E-state index is 14.1. The molecule has 0 aromatic heterocycles. The van der Waals surface area contributed by atoms with Crippen molar-refractivity contribution in [1.29, 1.82) is 0 Å². The van der Waals surface area contributed by atoms with Gasteiger partial charge in [0.2, 0.25) is 0 Å². The van der Waals surface area contributed by atoms with E-state index in [-0.39, 0.29) is 17.7 Å². The number of ether oxygens (including phenoxy) is 3. The van der Waals surface area contributed by atoms with Gasteiger partial charge in [-0.15, -0.1) is 0 Å². The molecule has 3 aliphatic rings. The lowest BCUT2D eigenvalue weighted by Crippen LogP contribution is -2.36. The number of likely N-dealkylation sites (tertiary alicyclic amines) is 1. The second kappa shape index (κ2) is 8.04. The average Bonchev–Trinajstić information content (AvgIpc) is 3.21. The Morgan fingerprint density at radius 3 is 2.50 bits per heavy atom. The summed E-state index contributed by atoms with van der Waals surface area (Å²) in [6, 6.07) is 0. The maximum absolute atomic E-state index is 14.1. The molecule has 1 amide bonds. The van der Waals surface area contributed by atoms with Gasteiger partial charge >= 0.3 is 0 Å². The van der Waals surface area contributed by atoms with Crippen molar-refractivity contribution in [2.75, 3.05) is 39.5 Å². The molecule has 0 aromatic rings. The van der Waals surface area contributed by atoms with Gasteiger partial charge < -0.3 is 25.3 Å². The van der Waals surface area contributed by atoms with Gasteiger partial charge in [0.05, 0.1) is 36.7 Å². The molecule has 8 heteroatoms. The van der Waals surface area contributed by atoms with Gasteiger partial charge in [-0.05, 0) is 32.8 Å². The Hall–Kier alpha value is -1.48. The van der Waals surface area contributed by atoms with E-state index in [0.29, 0.717) is 50.9 Å². The van der Waals surface area contributed by atoms with E-state index in [4.69, 9.17) is 19.9 Å². The minimum Gasteiger partial charge on any atom is -0.495 e. The van der Waals surface area contributed by atoms with Crippen LogP contribution in [-0.2, 0) is 19.0 Å². The second-order valence-corrected chi connectivity index (χ2v) is 7.38. The van der Waals surface area contributed by atoms with Crippen LogP contribution in [0.4, 0.5) is 4.39 Å². The summed E-state index contributed by atoms with van der Waals surface area (Å²) in [5.41, 5.74) is 6.20. The highest BCUT2D eigenvalue weighted by Crippen LogP contribution is 2.32. The van der Waals surface area contributed by atoms with E-state index in [9.17, 15) is 9.18 Å². The van der Waals surface area contributed by atoms with Gasteiger partial charge in [0, 0.05) is 19.6 Å². The molecule has 0 spiro atoms. The zero-order chi connectivity index (χ0) is 18.7. The quantitative estimate of drug-likeness (QED) is 0.510. The third-order valence-corrected chi connectivity index (χ3v) is 5.08. The van der Waals surface area contributed by atoms with Gasteiger partial charge in [-0.1, -0.05) is 0 Å². The van der Waals surface area contributed by atoms with Gasteiger partial charge in [-0.2, -0.15) is 0 Å². The highest BCUT2D eigenvalue weighted by atomic mass is 19.1. The summed E-state index contributed by atoms with van der Waals surface area (Å²) in [6.07, 6.45) is 3.25. The minimum atomic E-state index is -0.814. The molecule has 3 fully saturated rings. The first-order chi connectivity index (χ1) is 12.4. The van der Waals surface area contributed by atoms with Crippen molar-refractivity contribution in [3.8, 4) is 0 Å². The van der Waals surface area contributed by atoms with E-state index < -0.39 is 11.7 Å². The Balaban J connectivity index is 1.45. The number of nitrogens with zero attached hydrogens (tertiary/aromatic N) is 1. The Morgan fingerprint density at radius 2 is 1.92 bits per heavy atom. The zero-order valence-corrected chi connectivity index (χ0v) is 15.4. The van der Waals surface area contributed by atoms with Crippen LogP contribution in [0.15, 0.2) is 23.4 Å². The van der Waals surface area contributed by atoms with Gasteiger partial charge in [0.15, 0.2) is 5.83 Å². The fourth-order valence-electron chi connectivity index (χ4n) is 2.97. The summed E-state index contributed by atoms with van der Waals surface area (Å²) in [5.74, 6) is -1.05. The molecule has 0 bridgehead atoms. The second-order valence-electron chi connectivity index (χ2n) is 7.38. The van der Waals surface area contributed by atoms with E-state index in [1.807, 2.05) is 4.90 Å². The lowest BCUT2D eigenvalue weighted by Gasteiger charge is -2.24. The van der Waals surface area contributed by atoms with E-state index in [1.54, 1.807) is 13.8 Å². The summed E-state index contributed by atoms with van der Waals surface area (Å²) in [4.78, 5) is 14.0. The van der Waals surface area contributed by atoms with Crippen LogP contribution in [0.3, 0.4) is 0 Å².